The minimum atomic E-state index is 1.05. The lowest BCUT2D eigenvalue weighted by atomic mass is 10.1. The highest BCUT2D eigenvalue weighted by Gasteiger charge is 1.91. The minimum absolute atomic E-state index is 1.05. The SMILES string of the molecule is CCC=NCCCCCCCCCCCC. The molecule has 0 amide bonds. The van der Waals surface area contributed by atoms with Gasteiger partial charge in [0.1, 0.15) is 0 Å². The molecular formula is C15H31N. The first-order valence-electron chi connectivity index (χ1n) is 7.40. The van der Waals surface area contributed by atoms with Crippen LogP contribution in [0.5, 0.6) is 0 Å². The summed E-state index contributed by atoms with van der Waals surface area (Å²) in [5, 5.41) is 0. The van der Waals surface area contributed by atoms with Crippen molar-refractivity contribution in [2.75, 3.05) is 6.54 Å². The van der Waals surface area contributed by atoms with Crippen LogP contribution >= 0.6 is 0 Å². The van der Waals surface area contributed by atoms with Gasteiger partial charge in [0.2, 0.25) is 0 Å². The van der Waals surface area contributed by atoms with E-state index < -0.39 is 0 Å². The normalized spacial score (nSPS) is 11.4. The molecule has 0 aromatic heterocycles. The minimum Gasteiger partial charge on any atom is -0.298 e. The average Bonchev–Trinajstić information content (AvgIpc) is 2.31. The fraction of sp³-hybridized carbons (Fsp3) is 0.933. The largest absolute Gasteiger partial charge is 0.298 e. The molecule has 0 bridgehead atoms. The number of unbranched alkanes of at least 4 members (excludes halogenated alkanes) is 9. The van der Waals surface area contributed by atoms with E-state index in [0.717, 1.165) is 13.0 Å². The first-order valence-corrected chi connectivity index (χ1v) is 7.40. The predicted octanol–water partition coefficient (Wildman–Crippen LogP) is 5.39. The molecular weight excluding hydrogens is 194 g/mol. The molecule has 0 N–H and O–H groups in total. The molecule has 0 atom stereocenters. The lowest BCUT2D eigenvalue weighted by Crippen LogP contribution is -1.84. The molecule has 0 aromatic carbocycles. The predicted molar refractivity (Wildman–Crippen MR) is 75.5 cm³/mol. The van der Waals surface area contributed by atoms with Crippen LogP contribution in [0, 0.1) is 0 Å². The van der Waals surface area contributed by atoms with Crippen LogP contribution in [-0.4, -0.2) is 12.8 Å². The van der Waals surface area contributed by atoms with E-state index in [9.17, 15) is 0 Å². The van der Waals surface area contributed by atoms with Crippen molar-refractivity contribution in [3.05, 3.63) is 0 Å². The molecule has 0 radical (unpaired) electrons. The molecule has 0 aliphatic carbocycles. The fourth-order valence-corrected chi connectivity index (χ4v) is 1.91. The van der Waals surface area contributed by atoms with Gasteiger partial charge >= 0.3 is 0 Å². The summed E-state index contributed by atoms with van der Waals surface area (Å²) in [4.78, 5) is 4.33. The molecule has 0 rings (SSSR count). The molecule has 0 saturated carbocycles. The van der Waals surface area contributed by atoms with E-state index in [1.807, 2.05) is 6.21 Å². The third-order valence-electron chi connectivity index (χ3n) is 2.95. The van der Waals surface area contributed by atoms with Crippen LogP contribution in [0.25, 0.3) is 0 Å². The second kappa shape index (κ2) is 14.7. The summed E-state index contributed by atoms with van der Waals surface area (Å²) < 4.78 is 0. The molecule has 96 valence electrons. The summed E-state index contributed by atoms with van der Waals surface area (Å²) in [6.07, 6.45) is 17.2. The van der Waals surface area contributed by atoms with Crippen molar-refractivity contribution in [1.29, 1.82) is 0 Å². The summed E-state index contributed by atoms with van der Waals surface area (Å²) in [7, 11) is 0. The average molecular weight is 225 g/mol. The van der Waals surface area contributed by atoms with Gasteiger partial charge in [-0.2, -0.15) is 0 Å². The van der Waals surface area contributed by atoms with Gasteiger partial charge in [0.05, 0.1) is 0 Å². The van der Waals surface area contributed by atoms with Crippen molar-refractivity contribution in [2.24, 2.45) is 4.99 Å². The van der Waals surface area contributed by atoms with E-state index in [4.69, 9.17) is 0 Å². The van der Waals surface area contributed by atoms with Crippen LogP contribution in [-0.2, 0) is 0 Å². The molecule has 0 spiro atoms. The monoisotopic (exact) mass is 225 g/mol. The zero-order valence-electron chi connectivity index (χ0n) is 11.5. The summed E-state index contributed by atoms with van der Waals surface area (Å²) in [6, 6.07) is 0. The van der Waals surface area contributed by atoms with Crippen molar-refractivity contribution in [1.82, 2.24) is 0 Å². The Balaban J connectivity index is 2.90. The number of hydrogen-bond acceptors (Lipinski definition) is 1. The van der Waals surface area contributed by atoms with Gasteiger partial charge in [0, 0.05) is 6.54 Å². The van der Waals surface area contributed by atoms with E-state index >= 15 is 0 Å². The van der Waals surface area contributed by atoms with Crippen LogP contribution in [0.2, 0.25) is 0 Å². The molecule has 1 nitrogen and oxygen atoms in total. The zero-order valence-corrected chi connectivity index (χ0v) is 11.5. The highest BCUT2D eigenvalue weighted by Crippen LogP contribution is 2.10. The topological polar surface area (TPSA) is 12.4 Å². The second-order valence-corrected chi connectivity index (χ2v) is 4.68. The zero-order chi connectivity index (χ0) is 11.9. The highest BCUT2D eigenvalue weighted by atomic mass is 14.7. The lowest BCUT2D eigenvalue weighted by Gasteiger charge is -2.01. The van der Waals surface area contributed by atoms with Crippen LogP contribution < -0.4 is 0 Å². The summed E-state index contributed by atoms with van der Waals surface area (Å²) >= 11 is 0. The molecule has 0 heterocycles. The third-order valence-corrected chi connectivity index (χ3v) is 2.95. The summed E-state index contributed by atoms with van der Waals surface area (Å²) in [5.74, 6) is 0. The molecule has 0 fully saturated rings. The van der Waals surface area contributed by atoms with Gasteiger partial charge in [-0.05, 0) is 19.1 Å². The summed E-state index contributed by atoms with van der Waals surface area (Å²) in [5.41, 5.74) is 0. The maximum Gasteiger partial charge on any atom is 0.0385 e. The Morgan fingerprint density at radius 2 is 1.19 bits per heavy atom. The number of nitrogens with zero attached hydrogens (tertiary/aromatic N) is 1. The lowest BCUT2D eigenvalue weighted by molar-refractivity contribution is 0.558. The van der Waals surface area contributed by atoms with Gasteiger partial charge in [-0.1, -0.05) is 71.6 Å². The van der Waals surface area contributed by atoms with Crippen molar-refractivity contribution in [2.45, 2.75) is 84.5 Å². The van der Waals surface area contributed by atoms with Crippen molar-refractivity contribution in [3.63, 3.8) is 0 Å². The van der Waals surface area contributed by atoms with Gasteiger partial charge in [-0.3, -0.25) is 4.99 Å². The molecule has 16 heavy (non-hydrogen) atoms. The molecule has 0 saturated heterocycles. The Morgan fingerprint density at radius 3 is 1.69 bits per heavy atom. The van der Waals surface area contributed by atoms with Crippen LogP contribution in [0.4, 0.5) is 0 Å². The summed E-state index contributed by atoms with van der Waals surface area (Å²) in [6.45, 7) is 5.47. The van der Waals surface area contributed by atoms with Crippen LogP contribution in [0.3, 0.4) is 0 Å². The van der Waals surface area contributed by atoms with Gasteiger partial charge in [-0.15, -0.1) is 0 Å². The van der Waals surface area contributed by atoms with Crippen LogP contribution in [0.1, 0.15) is 84.5 Å². The molecule has 0 aliphatic rings. The Labute approximate surface area is 103 Å². The Morgan fingerprint density at radius 1 is 0.688 bits per heavy atom. The first-order chi connectivity index (χ1) is 7.91. The van der Waals surface area contributed by atoms with Gasteiger partial charge in [-0.25, -0.2) is 0 Å². The Hall–Kier alpha value is -0.330. The number of hydrogen-bond donors (Lipinski definition) is 0. The van der Waals surface area contributed by atoms with Crippen LogP contribution in [0.15, 0.2) is 4.99 Å². The Bertz CT molecular complexity index is 140. The first kappa shape index (κ1) is 15.7. The van der Waals surface area contributed by atoms with E-state index in [1.54, 1.807) is 0 Å². The molecule has 1 heteroatoms. The quantitative estimate of drug-likeness (QED) is 0.312. The second-order valence-electron chi connectivity index (χ2n) is 4.68. The van der Waals surface area contributed by atoms with Crippen molar-refractivity contribution < 1.29 is 0 Å². The van der Waals surface area contributed by atoms with Crippen molar-refractivity contribution >= 4 is 6.21 Å². The maximum absolute atomic E-state index is 4.33. The number of aliphatic imine (C=N–C) groups is 1. The fourth-order valence-electron chi connectivity index (χ4n) is 1.91. The van der Waals surface area contributed by atoms with E-state index in [2.05, 4.69) is 18.8 Å². The van der Waals surface area contributed by atoms with E-state index in [1.165, 1.54) is 64.2 Å². The third kappa shape index (κ3) is 13.7. The molecule has 0 aliphatic heterocycles. The van der Waals surface area contributed by atoms with Gasteiger partial charge in [0.15, 0.2) is 0 Å². The number of rotatable bonds is 12. The molecule has 0 unspecified atom stereocenters. The Kier molecular flexibility index (Phi) is 14.4. The highest BCUT2D eigenvalue weighted by molar-refractivity contribution is 5.56. The maximum atomic E-state index is 4.33. The molecule has 0 aromatic rings. The van der Waals surface area contributed by atoms with Gasteiger partial charge < -0.3 is 0 Å². The standard InChI is InChI=1S/C15H31N/c1-3-5-6-7-8-9-10-11-12-13-15-16-14-4-2/h14H,3-13,15H2,1-2H3. The van der Waals surface area contributed by atoms with Gasteiger partial charge in [0.25, 0.3) is 0 Å². The van der Waals surface area contributed by atoms with E-state index in [0.29, 0.717) is 0 Å². The van der Waals surface area contributed by atoms with E-state index in [-0.39, 0.29) is 0 Å². The van der Waals surface area contributed by atoms with Crippen molar-refractivity contribution in [3.8, 4) is 0 Å². The smallest absolute Gasteiger partial charge is 0.0385 e.